The molecule has 2 rings (SSSR count). The predicted octanol–water partition coefficient (Wildman–Crippen LogP) is 4.29. The van der Waals surface area contributed by atoms with Crippen molar-refractivity contribution in [1.29, 1.82) is 0 Å². The molecule has 30 heavy (non-hydrogen) atoms. The molecule has 0 saturated carbocycles. The van der Waals surface area contributed by atoms with Gasteiger partial charge in [-0.3, -0.25) is 9.59 Å². The summed E-state index contributed by atoms with van der Waals surface area (Å²) in [4.78, 5) is 27.5. The van der Waals surface area contributed by atoms with Gasteiger partial charge in [-0.25, -0.2) is 0 Å². The number of nitrogens with one attached hydrogen (secondary N) is 1. The first kappa shape index (κ1) is 24.2. The fraction of sp³-hybridized carbons (Fsp3) is 0.417. The quantitative estimate of drug-likeness (QED) is 0.448. The number of hydrogen-bond donors (Lipinski definition) is 1. The predicted molar refractivity (Wildman–Crippen MR) is 128 cm³/mol. The number of ether oxygens (including phenoxy) is 1. The van der Waals surface area contributed by atoms with Crippen LogP contribution in [-0.2, 0) is 16.0 Å². The third-order valence-corrected chi connectivity index (χ3v) is 5.45. The zero-order valence-corrected chi connectivity index (χ0v) is 20.1. The summed E-state index contributed by atoms with van der Waals surface area (Å²) < 4.78 is 6.80. The highest BCUT2D eigenvalue weighted by Gasteiger charge is 2.28. The number of benzene rings is 2. The summed E-state index contributed by atoms with van der Waals surface area (Å²) in [5, 5.41) is 2.97. The van der Waals surface area contributed by atoms with Crippen molar-refractivity contribution in [2.75, 3.05) is 19.7 Å². The van der Waals surface area contributed by atoms with Crippen LogP contribution in [0, 0.1) is 9.49 Å². The van der Waals surface area contributed by atoms with Crippen molar-refractivity contribution in [1.82, 2.24) is 10.2 Å². The number of amides is 2. The SMILES string of the molecule is CC[C@@H](C(=O)NCC(C)C)N(CCc1ccccc1)C(=O)COc1ccc(I)cc1. The second-order valence-electron chi connectivity index (χ2n) is 7.63. The summed E-state index contributed by atoms with van der Waals surface area (Å²) in [5.41, 5.74) is 1.13. The van der Waals surface area contributed by atoms with E-state index in [2.05, 4.69) is 41.8 Å². The zero-order valence-electron chi connectivity index (χ0n) is 17.9. The van der Waals surface area contributed by atoms with Gasteiger partial charge in [0.15, 0.2) is 6.61 Å². The maximum absolute atomic E-state index is 13.1. The molecule has 1 atom stereocenters. The fourth-order valence-corrected chi connectivity index (χ4v) is 3.44. The number of rotatable bonds is 11. The van der Waals surface area contributed by atoms with Crippen molar-refractivity contribution in [2.45, 2.75) is 39.7 Å². The Labute approximate surface area is 193 Å². The molecule has 2 aromatic rings. The van der Waals surface area contributed by atoms with Crippen LogP contribution >= 0.6 is 22.6 Å². The van der Waals surface area contributed by atoms with Crippen molar-refractivity contribution in [3.05, 3.63) is 63.7 Å². The normalized spacial score (nSPS) is 11.8. The van der Waals surface area contributed by atoms with Gasteiger partial charge in [0, 0.05) is 16.7 Å². The highest BCUT2D eigenvalue weighted by molar-refractivity contribution is 14.1. The molecular formula is C24H31IN2O3. The van der Waals surface area contributed by atoms with Crippen LogP contribution in [0.4, 0.5) is 0 Å². The van der Waals surface area contributed by atoms with E-state index in [0.717, 1.165) is 9.13 Å². The topological polar surface area (TPSA) is 58.6 Å². The molecule has 0 unspecified atom stereocenters. The van der Waals surface area contributed by atoms with Crippen LogP contribution in [-0.4, -0.2) is 42.5 Å². The number of hydrogen-bond acceptors (Lipinski definition) is 3. The van der Waals surface area contributed by atoms with Crippen LogP contribution in [0.25, 0.3) is 0 Å². The molecule has 162 valence electrons. The Kier molecular flexibility index (Phi) is 10.1. The Balaban J connectivity index is 2.09. The Bertz CT molecular complexity index is 794. The minimum absolute atomic E-state index is 0.0939. The number of carbonyl (C=O) groups excluding carboxylic acids is 2. The van der Waals surface area contributed by atoms with E-state index >= 15 is 0 Å². The monoisotopic (exact) mass is 522 g/mol. The molecule has 5 nitrogen and oxygen atoms in total. The molecule has 0 aromatic heterocycles. The number of nitrogens with zero attached hydrogens (tertiary/aromatic N) is 1. The second kappa shape index (κ2) is 12.6. The molecule has 0 fully saturated rings. The van der Waals surface area contributed by atoms with E-state index in [4.69, 9.17) is 4.74 Å². The Morgan fingerprint density at radius 2 is 1.73 bits per heavy atom. The minimum atomic E-state index is -0.514. The molecule has 0 bridgehead atoms. The minimum Gasteiger partial charge on any atom is -0.484 e. The van der Waals surface area contributed by atoms with Crippen LogP contribution in [0.2, 0.25) is 0 Å². The van der Waals surface area contributed by atoms with E-state index in [9.17, 15) is 9.59 Å². The summed E-state index contributed by atoms with van der Waals surface area (Å²) in [6, 6.07) is 17.0. The zero-order chi connectivity index (χ0) is 21.9. The van der Waals surface area contributed by atoms with Crippen LogP contribution in [0.3, 0.4) is 0 Å². The molecule has 2 aromatic carbocycles. The first-order valence-electron chi connectivity index (χ1n) is 10.4. The molecule has 2 amide bonds. The van der Waals surface area contributed by atoms with Gasteiger partial charge in [-0.1, -0.05) is 51.1 Å². The van der Waals surface area contributed by atoms with Crippen molar-refractivity contribution in [3.63, 3.8) is 0 Å². The highest BCUT2D eigenvalue weighted by Crippen LogP contribution is 2.15. The lowest BCUT2D eigenvalue weighted by molar-refractivity contribution is -0.142. The van der Waals surface area contributed by atoms with E-state index in [0.29, 0.717) is 37.6 Å². The molecule has 0 saturated heterocycles. The Hall–Kier alpha value is -2.09. The van der Waals surface area contributed by atoms with Gasteiger partial charge in [-0.15, -0.1) is 0 Å². The van der Waals surface area contributed by atoms with Crippen molar-refractivity contribution in [2.24, 2.45) is 5.92 Å². The standard InChI is InChI=1S/C24H31IN2O3/c1-4-22(24(29)26-16-18(2)3)27(15-14-19-8-6-5-7-9-19)23(28)17-30-21-12-10-20(25)11-13-21/h5-13,18,22H,4,14-17H2,1-3H3,(H,26,29)/t22-/m0/s1. The van der Waals surface area contributed by atoms with Gasteiger partial charge in [0.1, 0.15) is 11.8 Å². The van der Waals surface area contributed by atoms with Gasteiger partial charge in [0.05, 0.1) is 0 Å². The van der Waals surface area contributed by atoms with E-state index in [1.54, 1.807) is 4.90 Å². The maximum Gasteiger partial charge on any atom is 0.261 e. The van der Waals surface area contributed by atoms with E-state index < -0.39 is 6.04 Å². The van der Waals surface area contributed by atoms with Gasteiger partial charge >= 0.3 is 0 Å². The molecule has 0 radical (unpaired) electrons. The largest absolute Gasteiger partial charge is 0.484 e. The number of halogens is 1. The molecule has 6 heteroatoms. The van der Waals surface area contributed by atoms with E-state index in [1.807, 2.05) is 61.5 Å². The summed E-state index contributed by atoms with van der Waals surface area (Å²) in [7, 11) is 0. The molecule has 0 spiro atoms. The van der Waals surface area contributed by atoms with Crippen LogP contribution in [0.15, 0.2) is 54.6 Å². The Morgan fingerprint density at radius 3 is 2.33 bits per heavy atom. The van der Waals surface area contributed by atoms with Gasteiger partial charge in [-0.05, 0) is 71.2 Å². The van der Waals surface area contributed by atoms with Crippen molar-refractivity contribution < 1.29 is 14.3 Å². The Morgan fingerprint density at radius 1 is 1.07 bits per heavy atom. The molecule has 0 heterocycles. The first-order valence-corrected chi connectivity index (χ1v) is 11.5. The number of carbonyl (C=O) groups is 2. The maximum atomic E-state index is 13.1. The van der Waals surface area contributed by atoms with Gasteiger partial charge in [-0.2, -0.15) is 0 Å². The summed E-state index contributed by atoms with van der Waals surface area (Å²) in [6.07, 6.45) is 1.23. The van der Waals surface area contributed by atoms with Crippen molar-refractivity contribution >= 4 is 34.4 Å². The average Bonchev–Trinajstić information content (AvgIpc) is 2.75. The lowest BCUT2D eigenvalue weighted by Crippen LogP contribution is -2.51. The molecule has 0 aliphatic carbocycles. The van der Waals surface area contributed by atoms with E-state index in [-0.39, 0.29) is 18.4 Å². The lowest BCUT2D eigenvalue weighted by Gasteiger charge is -2.30. The molecule has 1 N–H and O–H groups in total. The van der Waals surface area contributed by atoms with E-state index in [1.165, 1.54) is 0 Å². The highest BCUT2D eigenvalue weighted by atomic mass is 127. The van der Waals surface area contributed by atoms with Gasteiger partial charge in [0.25, 0.3) is 5.91 Å². The summed E-state index contributed by atoms with van der Waals surface area (Å²) in [6.45, 7) is 7.00. The molecule has 0 aliphatic rings. The van der Waals surface area contributed by atoms with Crippen LogP contribution in [0.5, 0.6) is 5.75 Å². The average molecular weight is 522 g/mol. The van der Waals surface area contributed by atoms with Gasteiger partial charge < -0.3 is 15.0 Å². The van der Waals surface area contributed by atoms with Crippen LogP contribution < -0.4 is 10.1 Å². The summed E-state index contributed by atoms with van der Waals surface area (Å²) >= 11 is 2.22. The smallest absolute Gasteiger partial charge is 0.261 e. The fourth-order valence-electron chi connectivity index (χ4n) is 3.08. The third-order valence-electron chi connectivity index (χ3n) is 4.73. The third kappa shape index (κ3) is 7.97. The van der Waals surface area contributed by atoms with Gasteiger partial charge in [0.2, 0.25) is 5.91 Å². The molecular weight excluding hydrogens is 491 g/mol. The lowest BCUT2D eigenvalue weighted by atomic mass is 10.1. The van der Waals surface area contributed by atoms with Crippen molar-refractivity contribution in [3.8, 4) is 5.75 Å². The summed E-state index contributed by atoms with van der Waals surface area (Å²) in [5.74, 6) is 0.700. The van der Waals surface area contributed by atoms with Crippen LogP contribution in [0.1, 0.15) is 32.8 Å². The molecule has 0 aliphatic heterocycles. The first-order chi connectivity index (χ1) is 14.4. The second-order valence-corrected chi connectivity index (χ2v) is 8.87.